The number of hydrogen-bond donors (Lipinski definition) is 2. The number of halogens is 1. The lowest BCUT2D eigenvalue weighted by atomic mass is 10.0. The highest BCUT2D eigenvalue weighted by Crippen LogP contribution is 2.31. The number of sulfonamides is 1. The highest BCUT2D eigenvalue weighted by atomic mass is 35.5. The molecule has 0 spiro atoms. The summed E-state index contributed by atoms with van der Waals surface area (Å²) in [5.41, 5.74) is 6.16. The molecule has 2 unspecified atom stereocenters. The third-order valence-electron chi connectivity index (χ3n) is 4.57. The number of nitrogens with one attached hydrogen (secondary N) is 1. The number of benzene rings is 1. The van der Waals surface area contributed by atoms with E-state index in [9.17, 15) is 13.2 Å². The predicted octanol–water partition coefficient (Wildman–Crippen LogP) is 2.21. The largest absolute Gasteiger partial charge is 0.495 e. The van der Waals surface area contributed by atoms with E-state index in [2.05, 4.69) is 5.32 Å². The summed E-state index contributed by atoms with van der Waals surface area (Å²) in [4.78, 5) is 12.3. The first-order chi connectivity index (χ1) is 11.8. The number of carbonyl (C=O) groups is 1. The Labute approximate surface area is 161 Å². The van der Waals surface area contributed by atoms with Crippen molar-refractivity contribution < 1.29 is 17.9 Å². The molecule has 1 aromatic carbocycles. The Balaban J connectivity index is 0.00000338. The maximum Gasteiger partial charge on any atom is 0.246 e. The van der Waals surface area contributed by atoms with Crippen molar-refractivity contribution in [3.63, 3.8) is 0 Å². The number of rotatable bonds is 6. The highest BCUT2D eigenvalue weighted by molar-refractivity contribution is 7.89. The molecule has 0 aromatic heterocycles. The van der Waals surface area contributed by atoms with Gasteiger partial charge in [0.05, 0.1) is 13.0 Å². The second-order valence-corrected chi connectivity index (χ2v) is 8.37. The minimum absolute atomic E-state index is 0. The van der Waals surface area contributed by atoms with E-state index in [0.29, 0.717) is 18.8 Å². The molecule has 148 valence electrons. The molecule has 3 N–H and O–H groups in total. The molecule has 0 aliphatic carbocycles. The van der Waals surface area contributed by atoms with E-state index in [-0.39, 0.29) is 40.9 Å². The van der Waals surface area contributed by atoms with Gasteiger partial charge < -0.3 is 15.8 Å². The molecule has 2 rings (SSSR count). The molecular weight excluding hydrogens is 378 g/mol. The summed E-state index contributed by atoms with van der Waals surface area (Å²) in [5, 5.41) is 2.73. The Morgan fingerprint density at radius 3 is 2.38 bits per heavy atom. The molecular formula is C17H28ClN3O4S. The molecule has 1 aliphatic heterocycles. The first-order valence-corrected chi connectivity index (χ1v) is 9.96. The minimum Gasteiger partial charge on any atom is -0.495 e. The topological polar surface area (TPSA) is 102 Å². The maximum absolute atomic E-state index is 13.0. The normalized spacial score (nSPS) is 17.7. The maximum atomic E-state index is 13.0. The summed E-state index contributed by atoms with van der Waals surface area (Å²) >= 11 is 0. The Hall–Kier alpha value is -1.35. The van der Waals surface area contributed by atoms with E-state index in [1.807, 2.05) is 0 Å². The van der Waals surface area contributed by atoms with Crippen LogP contribution in [0.15, 0.2) is 23.1 Å². The number of carbonyl (C=O) groups excluding carboxylic acids is 1. The molecule has 0 bridgehead atoms. The number of nitrogens with zero attached hydrogens (tertiary/aromatic N) is 1. The van der Waals surface area contributed by atoms with E-state index in [1.165, 1.54) is 17.5 Å². The van der Waals surface area contributed by atoms with Gasteiger partial charge in [0.15, 0.2) is 0 Å². The van der Waals surface area contributed by atoms with Crippen LogP contribution in [0.25, 0.3) is 0 Å². The van der Waals surface area contributed by atoms with Gasteiger partial charge in [-0.05, 0) is 38.0 Å². The zero-order valence-corrected chi connectivity index (χ0v) is 17.0. The van der Waals surface area contributed by atoms with Crippen molar-refractivity contribution in [2.24, 2.45) is 11.7 Å². The Morgan fingerprint density at radius 2 is 1.85 bits per heavy atom. The van der Waals surface area contributed by atoms with Crippen LogP contribution >= 0.6 is 12.4 Å². The van der Waals surface area contributed by atoms with Gasteiger partial charge in [-0.25, -0.2) is 8.42 Å². The first-order valence-electron chi connectivity index (χ1n) is 8.52. The third-order valence-corrected chi connectivity index (χ3v) is 6.49. The molecule has 1 aromatic rings. The van der Waals surface area contributed by atoms with Gasteiger partial charge in [-0.15, -0.1) is 12.4 Å². The van der Waals surface area contributed by atoms with Gasteiger partial charge in [-0.1, -0.05) is 13.3 Å². The number of ether oxygens (including phenoxy) is 1. The molecule has 2 atom stereocenters. The van der Waals surface area contributed by atoms with E-state index in [0.717, 1.165) is 19.3 Å². The lowest BCUT2D eigenvalue weighted by Crippen LogP contribution is -2.36. The summed E-state index contributed by atoms with van der Waals surface area (Å²) < 4.78 is 32.6. The summed E-state index contributed by atoms with van der Waals surface area (Å²) in [6.07, 6.45) is 2.74. The molecule has 7 nitrogen and oxygen atoms in total. The van der Waals surface area contributed by atoms with Crippen molar-refractivity contribution >= 4 is 34.0 Å². The number of hydrogen-bond acceptors (Lipinski definition) is 5. The lowest BCUT2D eigenvalue weighted by molar-refractivity contribution is -0.119. The minimum atomic E-state index is -3.67. The molecule has 1 amide bonds. The van der Waals surface area contributed by atoms with Gasteiger partial charge in [0.25, 0.3) is 0 Å². The summed E-state index contributed by atoms with van der Waals surface area (Å²) in [6, 6.07) is 4.34. The molecule has 1 saturated heterocycles. The van der Waals surface area contributed by atoms with E-state index >= 15 is 0 Å². The van der Waals surface area contributed by atoms with Gasteiger partial charge in [0.1, 0.15) is 10.6 Å². The van der Waals surface area contributed by atoms with Gasteiger partial charge in [-0.3, -0.25) is 4.79 Å². The lowest BCUT2D eigenvalue weighted by Gasteiger charge is -2.26. The molecule has 1 heterocycles. The van der Waals surface area contributed by atoms with Gasteiger partial charge >= 0.3 is 0 Å². The molecule has 9 heteroatoms. The summed E-state index contributed by atoms with van der Waals surface area (Å²) in [7, 11) is -2.24. The Bertz CT molecular complexity index is 719. The predicted molar refractivity (Wildman–Crippen MR) is 104 cm³/mol. The highest BCUT2D eigenvalue weighted by Gasteiger charge is 2.29. The van der Waals surface area contributed by atoms with Crippen LogP contribution in [0.4, 0.5) is 5.69 Å². The van der Waals surface area contributed by atoms with Crippen molar-refractivity contribution in [2.75, 3.05) is 25.5 Å². The van der Waals surface area contributed by atoms with Gasteiger partial charge in [0.2, 0.25) is 15.9 Å². The van der Waals surface area contributed by atoms with Crippen LogP contribution < -0.4 is 15.8 Å². The van der Waals surface area contributed by atoms with Crippen LogP contribution in [0.3, 0.4) is 0 Å². The fourth-order valence-electron chi connectivity index (χ4n) is 2.70. The average molecular weight is 406 g/mol. The van der Waals surface area contributed by atoms with E-state index in [4.69, 9.17) is 10.5 Å². The van der Waals surface area contributed by atoms with Gasteiger partial charge in [-0.2, -0.15) is 4.31 Å². The number of methoxy groups -OCH3 is 1. The SMILES string of the molecule is COc1ccc(NC(=O)C(C)C(C)N)cc1S(=O)(=O)N1CCCCC1.Cl. The number of amides is 1. The molecule has 0 radical (unpaired) electrons. The van der Waals surface area contributed by atoms with Crippen LogP contribution in [-0.2, 0) is 14.8 Å². The number of piperidine rings is 1. The number of nitrogens with two attached hydrogens (primary N) is 1. The number of anilines is 1. The average Bonchev–Trinajstić information content (AvgIpc) is 2.61. The van der Waals surface area contributed by atoms with E-state index in [1.54, 1.807) is 26.0 Å². The summed E-state index contributed by atoms with van der Waals surface area (Å²) in [5.74, 6) is -0.366. The standard InChI is InChI=1S/C17H27N3O4S.ClH/c1-12(13(2)18)17(21)19-14-7-8-15(24-3)16(11-14)25(22,23)20-9-5-4-6-10-20;/h7-8,11-13H,4-6,9-10,18H2,1-3H3,(H,19,21);1H. The van der Waals surface area contributed by atoms with Crippen molar-refractivity contribution in [3.8, 4) is 5.75 Å². The fourth-order valence-corrected chi connectivity index (χ4v) is 4.39. The second kappa shape index (κ2) is 9.55. The molecule has 26 heavy (non-hydrogen) atoms. The van der Waals surface area contributed by atoms with Gasteiger partial charge in [0, 0.05) is 24.8 Å². The Morgan fingerprint density at radius 1 is 1.23 bits per heavy atom. The molecule has 0 saturated carbocycles. The first kappa shape index (κ1) is 22.7. The third kappa shape index (κ3) is 5.09. The van der Waals surface area contributed by atoms with Crippen LogP contribution in [0.2, 0.25) is 0 Å². The monoisotopic (exact) mass is 405 g/mol. The fraction of sp³-hybridized carbons (Fsp3) is 0.588. The van der Waals surface area contributed by atoms with Crippen LogP contribution in [0.5, 0.6) is 5.75 Å². The van der Waals surface area contributed by atoms with Crippen molar-refractivity contribution in [3.05, 3.63) is 18.2 Å². The summed E-state index contributed by atoms with van der Waals surface area (Å²) in [6.45, 7) is 4.49. The van der Waals surface area contributed by atoms with Crippen molar-refractivity contribution in [1.29, 1.82) is 0 Å². The van der Waals surface area contributed by atoms with Crippen LogP contribution in [0.1, 0.15) is 33.1 Å². The van der Waals surface area contributed by atoms with Crippen LogP contribution in [-0.4, -0.2) is 44.9 Å². The van der Waals surface area contributed by atoms with Crippen molar-refractivity contribution in [2.45, 2.75) is 44.0 Å². The van der Waals surface area contributed by atoms with Crippen molar-refractivity contribution in [1.82, 2.24) is 4.31 Å². The zero-order chi connectivity index (χ0) is 18.6. The molecule has 1 aliphatic rings. The zero-order valence-electron chi connectivity index (χ0n) is 15.4. The van der Waals surface area contributed by atoms with Crippen LogP contribution in [0, 0.1) is 5.92 Å². The smallest absolute Gasteiger partial charge is 0.246 e. The Kier molecular flexibility index (Phi) is 8.33. The molecule has 1 fully saturated rings. The second-order valence-electron chi connectivity index (χ2n) is 6.47. The quantitative estimate of drug-likeness (QED) is 0.755. The van der Waals surface area contributed by atoms with E-state index < -0.39 is 10.0 Å².